The first-order valence-corrected chi connectivity index (χ1v) is 5.86. The van der Waals surface area contributed by atoms with E-state index in [4.69, 9.17) is 10.00 Å². The van der Waals surface area contributed by atoms with E-state index < -0.39 is 0 Å². The van der Waals surface area contributed by atoms with Crippen LogP contribution in [0.3, 0.4) is 0 Å². The zero-order chi connectivity index (χ0) is 12.7. The predicted molar refractivity (Wildman–Crippen MR) is 65.7 cm³/mol. The monoisotopic (exact) mass is 231 g/mol. The highest BCUT2D eigenvalue weighted by Crippen LogP contribution is 2.10. The topological polar surface area (TPSA) is 50.1 Å². The Bertz CT molecular complexity index is 432. The summed E-state index contributed by atoms with van der Waals surface area (Å²) in [6, 6.07) is 7.08. The predicted octanol–water partition coefficient (Wildman–Crippen LogP) is 3.21. The summed E-state index contributed by atoms with van der Waals surface area (Å²) in [5.41, 5.74) is 1.84. The Labute approximate surface area is 102 Å². The van der Waals surface area contributed by atoms with Crippen molar-refractivity contribution in [3.05, 3.63) is 34.9 Å². The number of nitriles is 1. The smallest absolute Gasteiger partial charge is 0.338 e. The van der Waals surface area contributed by atoms with E-state index in [9.17, 15) is 4.79 Å². The molecular formula is C14H17NO2. The van der Waals surface area contributed by atoms with Crippen LogP contribution in [0.1, 0.15) is 47.7 Å². The van der Waals surface area contributed by atoms with E-state index in [0.29, 0.717) is 17.7 Å². The summed E-state index contributed by atoms with van der Waals surface area (Å²) in [6.07, 6.45) is 3.05. The fourth-order valence-corrected chi connectivity index (χ4v) is 1.57. The van der Waals surface area contributed by atoms with Gasteiger partial charge in [-0.05, 0) is 37.1 Å². The molecule has 90 valence electrons. The van der Waals surface area contributed by atoms with Crippen LogP contribution in [0.2, 0.25) is 0 Å². The van der Waals surface area contributed by atoms with Crippen LogP contribution in [0.15, 0.2) is 18.2 Å². The lowest BCUT2D eigenvalue weighted by Gasteiger charge is -2.05. The molecule has 0 saturated carbocycles. The Morgan fingerprint density at radius 2 is 2.12 bits per heavy atom. The molecule has 1 aromatic carbocycles. The zero-order valence-corrected chi connectivity index (χ0v) is 10.3. The van der Waals surface area contributed by atoms with Crippen LogP contribution in [0.25, 0.3) is 0 Å². The van der Waals surface area contributed by atoms with Crippen molar-refractivity contribution in [2.75, 3.05) is 6.61 Å². The fourth-order valence-electron chi connectivity index (χ4n) is 1.57. The summed E-state index contributed by atoms with van der Waals surface area (Å²) < 4.78 is 5.14. The van der Waals surface area contributed by atoms with E-state index in [1.165, 1.54) is 0 Å². The lowest BCUT2D eigenvalue weighted by molar-refractivity contribution is 0.0498. The van der Waals surface area contributed by atoms with Gasteiger partial charge < -0.3 is 4.74 Å². The van der Waals surface area contributed by atoms with Crippen LogP contribution in [-0.2, 0) is 4.74 Å². The zero-order valence-electron chi connectivity index (χ0n) is 10.3. The Kier molecular flexibility index (Phi) is 5.22. The first-order valence-electron chi connectivity index (χ1n) is 5.86. The second kappa shape index (κ2) is 6.70. The average Bonchev–Trinajstić information content (AvgIpc) is 2.33. The maximum absolute atomic E-state index is 11.7. The van der Waals surface area contributed by atoms with Gasteiger partial charge in [0.25, 0.3) is 0 Å². The molecule has 0 fully saturated rings. The second-order valence-electron chi connectivity index (χ2n) is 4.04. The van der Waals surface area contributed by atoms with Crippen molar-refractivity contribution in [1.29, 1.82) is 5.26 Å². The van der Waals surface area contributed by atoms with Crippen molar-refractivity contribution in [3.63, 3.8) is 0 Å². The van der Waals surface area contributed by atoms with Crippen LogP contribution in [0.4, 0.5) is 0 Å². The van der Waals surface area contributed by atoms with E-state index in [1.807, 2.05) is 13.0 Å². The second-order valence-corrected chi connectivity index (χ2v) is 4.04. The Balaban J connectivity index is 2.63. The first-order chi connectivity index (χ1) is 8.17. The van der Waals surface area contributed by atoms with Crippen LogP contribution < -0.4 is 0 Å². The fraction of sp³-hybridized carbons (Fsp3) is 0.429. The highest BCUT2D eigenvalue weighted by molar-refractivity contribution is 5.90. The number of aryl methyl sites for hydroxylation is 1. The molecule has 0 aromatic heterocycles. The molecular weight excluding hydrogens is 214 g/mol. The number of hydrogen-bond donors (Lipinski definition) is 0. The molecule has 0 aliphatic carbocycles. The van der Waals surface area contributed by atoms with Gasteiger partial charge in [-0.15, -0.1) is 0 Å². The number of nitrogens with zero attached hydrogens (tertiary/aromatic N) is 1. The number of carbonyl (C=O) groups is 1. The number of carbonyl (C=O) groups excluding carboxylic acids is 1. The Morgan fingerprint density at radius 1 is 1.35 bits per heavy atom. The minimum Gasteiger partial charge on any atom is -0.462 e. The van der Waals surface area contributed by atoms with E-state index in [2.05, 4.69) is 6.92 Å². The molecule has 0 N–H and O–H groups in total. The lowest BCUT2D eigenvalue weighted by atomic mass is 10.1. The molecule has 1 aromatic rings. The average molecular weight is 231 g/mol. The minimum absolute atomic E-state index is 0.346. The number of ether oxygens (including phenoxy) is 1. The number of unbranched alkanes of at least 4 members (excludes halogenated alkanes) is 2. The maximum atomic E-state index is 11.7. The number of esters is 1. The van der Waals surface area contributed by atoms with Gasteiger partial charge in [0.15, 0.2) is 0 Å². The van der Waals surface area contributed by atoms with Gasteiger partial charge in [-0.3, -0.25) is 0 Å². The minimum atomic E-state index is -0.346. The lowest BCUT2D eigenvalue weighted by Crippen LogP contribution is -2.07. The van der Waals surface area contributed by atoms with E-state index in [-0.39, 0.29) is 5.97 Å². The number of hydrogen-bond acceptors (Lipinski definition) is 3. The van der Waals surface area contributed by atoms with Gasteiger partial charge in [0.05, 0.1) is 23.8 Å². The SMILES string of the molecule is CCCCCOC(=O)c1cc(C)cc(C#N)c1. The molecule has 0 bridgehead atoms. The molecule has 0 spiro atoms. The third-order valence-electron chi connectivity index (χ3n) is 2.42. The van der Waals surface area contributed by atoms with Crippen molar-refractivity contribution in [2.24, 2.45) is 0 Å². The molecule has 1 rings (SSSR count). The quantitative estimate of drug-likeness (QED) is 0.577. The summed E-state index contributed by atoms with van der Waals surface area (Å²) in [5.74, 6) is -0.346. The summed E-state index contributed by atoms with van der Waals surface area (Å²) in [7, 11) is 0. The van der Waals surface area contributed by atoms with Crippen LogP contribution in [0.5, 0.6) is 0 Å². The van der Waals surface area contributed by atoms with Crippen molar-refractivity contribution in [2.45, 2.75) is 33.1 Å². The van der Waals surface area contributed by atoms with Crippen LogP contribution in [0, 0.1) is 18.3 Å². The van der Waals surface area contributed by atoms with Crippen LogP contribution in [-0.4, -0.2) is 12.6 Å². The summed E-state index contributed by atoms with van der Waals surface area (Å²) in [4.78, 5) is 11.7. The summed E-state index contributed by atoms with van der Waals surface area (Å²) >= 11 is 0. The Morgan fingerprint density at radius 3 is 2.76 bits per heavy atom. The van der Waals surface area contributed by atoms with Gasteiger partial charge in [-0.2, -0.15) is 5.26 Å². The highest BCUT2D eigenvalue weighted by atomic mass is 16.5. The standard InChI is InChI=1S/C14H17NO2/c1-3-4-5-6-17-14(16)13-8-11(2)7-12(9-13)10-15/h7-9H,3-6H2,1-2H3. The largest absolute Gasteiger partial charge is 0.462 e. The third-order valence-corrected chi connectivity index (χ3v) is 2.42. The van der Waals surface area contributed by atoms with E-state index in [0.717, 1.165) is 24.8 Å². The van der Waals surface area contributed by atoms with E-state index in [1.54, 1.807) is 18.2 Å². The van der Waals surface area contributed by atoms with Crippen LogP contribution >= 0.6 is 0 Å². The molecule has 0 unspecified atom stereocenters. The molecule has 0 aliphatic heterocycles. The van der Waals surface area contributed by atoms with Gasteiger partial charge >= 0.3 is 5.97 Å². The summed E-state index contributed by atoms with van der Waals surface area (Å²) in [5, 5.41) is 8.81. The molecule has 0 saturated heterocycles. The molecule has 0 amide bonds. The van der Waals surface area contributed by atoms with E-state index >= 15 is 0 Å². The highest BCUT2D eigenvalue weighted by Gasteiger charge is 2.08. The number of benzene rings is 1. The number of rotatable bonds is 5. The van der Waals surface area contributed by atoms with Crippen molar-refractivity contribution >= 4 is 5.97 Å². The van der Waals surface area contributed by atoms with Gasteiger partial charge in [0.1, 0.15) is 0 Å². The first kappa shape index (κ1) is 13.2. The molecule has 0 radical (unpaired) electrons. The molecule has 0 atom stereocenters. The van der Waals surface area contributed by atoms with Crippen molar-refractivity contribution in [3.8, 4) is 6.07 Å². The van der Waals surface area contributed by atoms with Gasteiger partial charge in [-0.25, -0.2) is 4.79 Å². The maximum Gasteiger partial charge on any atom is 0.338 e. The molecule has 3 heteroatoms. The van der Waals surface area contributed by atoms with Gasteiger partial charge in [0.2, 0.25) is 0 Å². The molecule has 3 nitrogen and oxygen atoms in total. The molecule has 0 heterocycles. The summed E-state index contributed by atoms with van der Waals surface area (Å²) in [6.45, 7) is 4.40. The van der Waals surface area contributed by atoms with Crippen molar-refractivity contribution < 1.29 is 9.53 Å². The third kappa shape index (κ3) is 4.28. The molecule has 0 aliphatic rings. The molecule has 17 heavy (non-hydrogen) atoms. The van der Waals surface area contributed by atoms with Crippen molar-refractivity contribution in [1.82, 2.24) is 0 Å². The Hall–Kier alpha value is -1.82. The van der Waals surface area contributed by atoms with Gasteiger partial charge in [0, 0.05) is 0 Å². The van der Waals surface area contributed by atoms with Gasteiger partial charge in [-0.1, -0.05) is 19.8 Å². The normalized spacial score (nSPS) is 9.71.